The van der Waals surface area contributed by atoms with Crippen molar-refractivity contribution >= 4 is 27.5 Å². The first-order valence-electron chi connectivity index (χ1n) is 10.1. The molecule has 0 unspecified atom stereocenters. The van der Waals surface area contributed by atoms with Crippen molar-refractivity contribution in [2.75, 3.05) is 14.2 Å². The number of amides is 1. The predicted molar refractivity (Wildman–Crippen MR) is 127 cm³/mol. The molecule has 0 aromatic heterocycles. The molecule has 0 saturated carbocycles. The highest BCUT2D eigenvalue weighted by Gasteiger charge is 2.21. The number of nitrogens with two attached hydrogens (primary N) is 1. The Bertz CT molecular complexity index is 1250. The van der Waals surface area contributed by atoms with Crippen LogP contribution in [0.2, 0.25) is 5.02 Å². The van der Waals surface area contributed by atoms with Gasteiger partial charge >= 0.3 is 0 Å². The molecule has 1 atom stereocenters. The first-order chi connectivity index (χ1) is 15.6. The fourth-order valence-electron chi connectivity index (χ4n) is 3.23. The Morgan fingerprint density at radius 1 is 1.06 bits per heavy atom. The van der Waals surface area contributed by atoms with Crippen LogP contribution in [0.3, 0.4) is 0 Å². The largest absolute Gasteiger partial charge is 0.493 e. The molecule has 3 aromatic carbocycles. The number of nitrogens with zero attached hydrogens (tertiary/aromatic N) is 1. The molecule has 0 saturated heterocycles. The minimum atomic E-state index is -3.78. The highest BCUT2D eigenvalue weighted by atomic mass is 35.5. The van der Waals surface area contributed by atoms with Crippen molar-refractivity contribution in [3.63, 3.8) is 0 Å². The van der Waals surface area contributed by atoms with Gasteiger partial charge in [0.2, 0.25) is 10.0 Å². The van der Waals surface area contributed by atoms with E-state index in [1.165, 1.54) is 19.2 Å². The van der Waals surface area contributed by atoms with Crippen LogP contribution in [-0.4, -0.2) is 33.4 Å². The average molecular weight is 489 g/mol. The number of sulfonamides is 1. The van der Waals surface area contributed by atoms with Crippen molar-refractivity contribution in [3.05, 3.63) is 88.4 Å². The number of primary sulfonamides is 1. The Morgan fingerprint density at radius 3 is 2.33 bits per heavy atom. The Kier molecular flexibility index (Phi) is 7.63. The van der Waals surface area contributed by atoms with Gasteiger partial charge in [-0.15, -0.1) is 0 Å². The van der Waals surface area contributed by atoms with Gasteiger partial charge in [0.25, 0.3) is 5.91 Å². The van der Waals surface area contributed by atoms with Gasteiger partial charge in [0.05, 0.1) is 18.0 Å². The van der Waals surface area contributed by atoms with Gasteiger partial charge in [0.1, 0.15) is 6.61 Å². The standard InChI is InChI=1S/C24H25ClN2O5S/c1-16(17-8-11-20(12-9-17)33(26,29)30)27(2)24(28)18-10-13-22(23(14-18)31-3)32-15-19-6-4-5-7-21(19)25/h4-14,16H,15H2,1-3H3,(H2,26,29,30)/t16-/m0/s1. The minimum absolute atomic E-state index is 0.0181. The number of rotatable bonds is 8. The second kappa shape index (κ2) is 10.2. The van der Waals surface area contributed by atoms with Crippen LogP contribution < -0.4 is 14.6 Å². The van der Waals surface area contributed by atoms with E-state index >= 15 is 0 Å². The van der Waals surface area contributed by atoms with Crippen LogP contribution >= 0.6 is 11.6 Å². The maximum absolute atomic E-state index is 13.1. The van der Waals surface area contributed by atoms with E-state index in [-0.39, 0.29) is 23.5 Å². The monoisotopic (exact) mass is 488 g/mol. The summed E-state index contributed by atoms with van der Waals surface area (Å²) in [6, 6.07) is 18.2. The fourth-order valence-corrected chi connectivity index (χ4v) is 3.94. The van der Waals surface area contributed by atoms with Gasteiger partial charge in [-0.05, 0) is 48.9 Å². The molecule has 0 aliphatic carbocycles. The highest BCUT2D eigenvalue weighted by molar-refractivity contribution is 7.89. The normalized spacial score (nSPS) is 12.2. The minimum Gasteiger partial charge on any atom is -0.493 e. The molecule has 0 aliphatic heterocycles. The Morgan fingerprint density at radius 2 is 1.73 bits per heavy atom. The average Bonchev–Trinajstić information content (AvgIpc) is 2.81. The zero-order valence-corrected chi connectivity index (χ0v) is 20.1. The molecule has 9 heteroatoms. The summed E-state index contributed by atoms with van der Waals surface area (Å²) in [5.74, 6) is 0.684. The summed E-state index contributed by atoms with van der Waals surface area (Å²) < 4.78 is 34.2. The molecule has 174 valence electrons. The first kappa shape index (κ1) is 24.6. The molecule has 0 bridgehead atoms. The van der Waals surface area contributed by atoms with Gasteiger partial charge in [0, 0.05) is 23.2 Å². The van der Waals surface area contributed by atoms with E-state index in [0.717, 1.165) is 11.1 Å². The third kappa shape index (κ3) is 5.84. The SMILES string of the molecule is COc1cc(C(=O)N(C)[C@@H](C)c2ccc(S(N)(=O)=O)cc2)ccc1OCc1ccccc1Cl. The van der Waals surface area contributed by atoms with E-state index in [0.29, 0.717) is 22.1 Å². The molecule has 3 aromatic rings. The lowest BCUT2D eigenvalue weighted by Crippen LogP contribution is -2.29. The number of methoxy groups -OCH3 is 1. The van der Waals surface area contributed by atoms with Crippen LogP contribution in [0.5, 0.6) is 11.5 Å². The van der Waals surface area contributed by atoms with Crippen LogP contribution in [0.25, 0.3) is 0 Å². The van der Waals surface area contributed by atoms with Gasteiger partial charge in [-0.2, -0.15) is 0 Å². The summed E-state index contributed by atoms with van der Waals surface area (Å²) in [5, 5.41) is 5.75. The topological polar surface area (TPSA) is 98.9 Å². The summed E-state index contributed by atoms with van der Waals surface area (Å²) in [6.45, 7) is 2.11. The molecular formula is C24H25ClN2O5S. The number of carbonyl (C=O) groups is 1. The summed E-state index contributed by atoms with van der Waals surface area (Å²) >= 11 is 6.18. The van der Waals surface area contributed by atoms with E-state index in [1.54, 1.807) is 48.3 Å². The molecule has 2 N–H and O–H groups in total. The summed E-state index contributed by atoms with van der Waals surface area (Å²) in [5.41, 5.74) is 2.03. The number of hydrogen-bond acceptors (Lipinski definition) is 5. The van der Waals surface area contributed by atoms with Gasteiger partial charge in [-0.3, -0.25) is 4.79 Å². The van der Waals surface area contributed by atoms with E-state index < -0.39 is 10.0 Å². The van der Waals surface area contributed by atoms with Crippen molar-refractivity contribution in [1.82, 2.24) is 4.90 Å². The van der Waals surface area contributed by atoms with Crippen molar-refractivity contribution in [2.45, 2.75) is 24.5 Å². The Balaban J connectivity index is 1.75. The quantitative estimate of drug-likeness (QED) is 0.506. The third-order valence-corrected chi connectivity index (χ3v) is 6.64. The lowest BCUT2D eigenvalue weighted by Gasteiger charge is -2.26. The molecule has 0 aliphatic rings. The fraction of sp³-hybridized carbons (Fsp3) is 0.208. The first-order valence-corrected chi connectivity index (χ1v) is 12.0. The molecule has 0 fully saturated rings. The van der Waals surface area contributed by atoms with Crippen molar-refractivity contribution in [2.24, 2.45) is 5.14 Å². The van der Waals surface area contributed by atoms with Crippen LogP contribution in [0.15, 0.2) is 71.6 Å². The molecule has 1 amide bonds. The maximum atomic E-state index is 13.1. The van der Waals surface area contributed by atoms with Gasteiger partial charge in [-0.1, -0.05) is 41.9 Å². The molecule has 0 radical (unpaired) electrons. The molecule has 7 nitrogen and oxygen atoms in total. The lowest BCUT2D eigenvalue weighted by molar-refractivity contribution is 0.0742. The number of ether oxygens (including phenoxy) is 2. The molecular weight excluding hydrogens is 464 g/mol. The summed E-state index contributed by atoms with van der Waals surface area (Å²) in [7, 11) is -0.595. The number of halogens is 1. The van der Waals surface area contributed by atoms with Crippen LogP contribution in [0.1, 0.15) is 34.5 Å². The van der Waals surface area contributed by atoms with Gasteiger partial charge < -0.3 is 14.4 Å². The molecule has 0 spiro atoms. The summed E-state index contributed by atoms with van der Waals surface area (Å²) in [6.07, 6.45) is 0. The summed E-state index contributed by atoms with van der Waals surface area (Å²) in [4.78, 5) is 14.7. The van der Waals surface area contributed by atoms with Crippen LogP contribution in [0.4, 0.5) is 0 Å². The van der Waals surface area contributed by atoms with Gasteiger partial charge in [0.15, 0.2) is 11.5 Å². The van der Waals surface area contributed by atoms with E-state index in [1.807, 2.05) is 25.1 Å². The molecule has 0 heterocycles. The molecule has 3 rings (SSSR count). The van der Waals surface area contributed by atoms with Crippen molar-refractivity contribution in [1.29, 1.82) is 0 Å². The van der Waals surface area contributed by atoms with E-state index in [9.17, 15) is 13.2 Å². The zero-order valence-electron chi connectivity index (χ0n) is 18.5. The second-order valence-electron chi connectivity index (χ2n) is 7.45. The maximum Gasteiger partial charge on any atom is 0.254 e. The molecule has 33 heavy (non-hydrogen) atoms. The van der Waals surface area contributed by atoms with Crippen molar-refractivity contribution in [3.8, 4) is 11.5 Å². The third-order valence-electron chi connectivity index (χ3n) is 5.34. The van der Waals surface area contributed by atoms with E-state index in [2.05, 4.69) is 0 Å². The lowest BCUT2D eigenvalue weighted by atomic mass is 10.1. The van der Waals surface area contributed by atoms with Crippen LogP contribution in [-0.2, 0) is 16.6 Å². The Labute approximate surface area is 198 Å². The predicted octanol–water partition coefficient (Wildman–Crippen LogP) is 4.41. The zero-order chi connectivity index (χ0) is 24.2. The van der Waals surface area contributed by atoms with Crippen molar-refractivity contribution < 1.29 is 22.7 Å². The van der Waals surface area contributed by atoms with Gasteiger partial charge in [-0.25, -0.2) is 13.6 Å². The highest BCUT2D eigenvalue weighted by Crippen LogP contribution is 2.31. The Hall–Kier alpha value is -3.07. The smallest absolute Gasteiger partial charge is 0.254 e. The van der Waals surface area contributed by atoms with E-state index in [4.69, 9.17) is 26.2 Å². The number of hydrogen-bond donors (Lipinski definition) is 1. The van der Waals surface area contributed by atoms with Crippen LogP contribution in [0, 0.1) is 0 Å². The number of benzene rings is 3. The number of carbonyl (C=O) groups excluding carboxylic acids is 1. The second-order valence-corrected chi connectivity index (χ2v) is 9.42.